The van der Waals surface area contributed by atoms with Crippen LogP contribution in [0.15, 0.2) is 22.5 Å². The predicted octanol–water partition coefficient (Wildman–Crippen LogP) is 1.73. The van der Waals surface area contributed by atoms with Crippen LogP contribution < -0.4 is 14.4 Å². The minimum Gasteiger partial charge on any atom is -0.476 e. The van der Waals surface area contributed by atoms with Crippen molar-refractivity contribution < 1.29 is 17.9 Å². The Bertz CT molecular complexity index is 913. The zero-order valence-corrected chi connectivity index (χ0v) is 16.2. The Kier molecular flexibility index (Phi) is 4.89. The largest absolute Gasteiger partial charge is 0.476 e. The number of ether oxygens (including phenoxy) is 1. The Balaban J connectivity index is 1.86. The molecule has 1 aliphatic heterocycles. The van der Waals surface area contributed by atoms with Crippen LogP contribution in [0.3, 0.4) is 0 Å². The fourth-order valence-corrected chi connectivity index (χ4v) is 4.42. The molecule has 1 aliphatic rings. The van der Waals surface area contributed by atoms with Gasteiger partial charge in [-0.2, -0.15) is 0 Å². The SMILES string of the molecule is CSc1nnc(NC(=O)[C@@H]2CN(S(C)(=O)=O)c3cc(C)ccc3O2)s1. The number of aryl methyl sites for hydroxylation is 1. The fourth-order valence-electron chi connectivity index (χ4n) is 2.34. The van der Waals surface area contributed by atoms with Crippen molar-refractivity contribution in [2.75, 3.05) is 28.7 Å². The molecule has 0 fully saturated rings. The summed E-state index contributed by atoms with van der Waals surface area (Å²) in [4.78, 5) is 12.5. The van der Waals surface area contributed by atoms with Crippen molar-refractivity contribution in [2.24, 2.45) is 0 Å². The Labute approximate surface area is 153 Å². The lowest BCUT2D eigenvalue weighted by atomic mass is 10.1. The third-order valence-corrected chi connectivity index (χ3v) is 6.45. The van der Waals surface area contributed by atoms with E-state index in [0.717, 1.165) is 16.2 Å². The van der Waals surface area contributed by atoms with Crippen molar-refractivity contribution in [3.05, 3.63) is 23.8 Å². The molecule has 1 atom stereocenters. The van der Waals surface area contributed by atoms with Gasteiger partial charge in [-0.1, -0.05) is 29.2 Å². The lowest BCUT2D eigenvalue weighted by Gasteiger charge is -2.34. The Morgan fingerprint density at radius 1 is 1.44 bits per heavy atom. The summed E-state index contributed by atoms with van der Waals surface area (Å²) in [5, 5.41) is 10.7. The lowest BCUT2D eigenvalue weighted by Crippen LogP contribution is -2.48. The van der Waals surface area contributed by atoms with E-state index < -0.39 is 22.0 Å². The van der Waals surface area contributed by atoms with Gasteiger partial charge in [-0.05, 0) is 30.9 Å². The number of hydrogen-bond donors (Lipinski definition) is 1. The summed E-state index contributed by atoms with van der Waals surface area (Å²) in [6, 6.07) is 5.19. The number of fused-ring (bicyclic) bond motifs is 1. The van der Waals surface area contributed by atoms with Crippen LogP contribution >= 0.6 is 23.1 Å². The van der Waals surface area contributed by atoms with Gasteiger partial charge < -0.3 is 4.74 Å². The molecule has 2 aromatic rings. The van der Waals surface area contributed by atoms with E-state index in [1.165, 1.54) is 27.4 Å². The number of rotatable bonds is 4. The predicted molar refractivity (Wildman–Crippen MR) is 98.1 cm³/mol. The first-order valence-corrected chi connectivity index (χ1v) is 11.1. The normalized spacial score (nSPS) is 16.9. The molecule has 2 heterocycles. The first-order valence-electron chi connectivity index (χ1n) is 7.21. The van der Waals surface area contributed by atoms with Crippen LogP contribution in [-0.4, -0.2) is 49.7 Å². The molecule has 0 saturated heterocycles. The molecule has 1 N–H and O–H groups in total. The topological polar surface area (TPSA) is 101 Å². The van der Waals surface area contributed by atoms with E-state index in [-0.39, 0.29) is 6.54 Å². The van der Waals surface area contributed by atoms with E-state index in [0.29, 0.717) is 16.6 Å². The number of carbonyl (C=O) groups excluding carboxylic acids is 1. The number of nitrogens with zero attached hydrogens (tertiary/aromatic N) is 3. The molecule has 11 heteroatoms. The Morgan fingerprint density at radius 3 is 2.84 bits per heavy atom. The lowest BCUT2D eigenvalue weighted by molar-refractivity contribution is -0.122. The first kappa shape index (κ1) is 18.0. The minimum absolute atomic E-state index is 0.102. The number of anilines is 2. The van der Waals surface area contributed by atoms with Gasteiger partial charge in [0.15, 0.2) is 10.4 Å². The van der Waals surface area contributed by atoms with E-state index in [4.69, 9.17) is 4.74 Å². The van der Waals surface area contributed by atoms with Crippen LogP contribution in [0.2, 0.25) is 0 Å². The average Bonchev–Trinajstić information content (AvgIpc) is 3.00. The van der Waals surface area contributed by atoms with Crippen LogP contribution in [0.4, 0.5) is 10.8 Å². The number of amides is 1. The van der Waals surface area contributed by atoms with Crippen molar-refractivity contribution in [1.29, 1.82) is 0 Å². The van der Waals surface area contributed by atoms with Gasteiger partial charge in [0, 0.05) is 0 Å². The van der Waals surface area contributed by atoms with E-state index in [1.54, 1.807) is 18.2 Å². The highest BCUT2D eigenvalue weighted by atomic mass is 32.2. The Morgan fingerprint density at radius 2 is 2.20 bits per heavy atom. The summed E-state index contributed by atoms with van der Waals surface area (Å²) in [6.45, 7) is 1.76. The molecular weight excluding hydrogens is 384 g/mol. The molecule has 0 unspecified atom stereocenters. The van der Waals surface area contributed by atoms with Gasteiger partial charge in [-0.3, -0.25) is 14.4 Å². The molecule has 8 nitrogen and oxygen atoms in total. The van der Waals surface area contributed by atoms with Crippen LogP contribution in [0.25, 0.3) is 0 Å². The Hall–Kier alpha value is -1.85. The standard InChI is InChI=1S/C14H16N4O4S3/c1-8-4-5-10-9(6-8)18(25(3,20)21)7-11(22-10)12(19)15-13-16-17-14(23-2)24-13/h4-6,11H,7H2,1-3H3,(H,15,16,19)/t11-/m0/s1. The third-order valence-electron chi connectivity index (χ3n) is 3.49. The van der Waals surface area contributed by atoms with Crippen molar-refractivity contribution in [2.45, 2.75) is 17.4 Å². The van der Waals surface area contributed by atoms with Gasteiger partial charge in [-0.15, -0.1) is 10.2 Å². The monoisotopic (exact) mass is 400 g/mol. The second-order valence-corrected chi connectivity index (χ2v) is 9.38. The van der Waals surface area contributed by atoms with Crippen molar-refractivity contribution in [3.8, 4) is 5.75 Å². The van der Waals surface area contributed by atoms with Crippen molar-refractivity contribution in [1.82, 2.24) is 10.2 Å². The molecule has 1 aromatic heterocycles. The van der Waals surface area contributed by atoms with Crippen LogP contribution in [0.1, 0.15) is 5.56 Å². The summed E-state index contributed by atoms with van der Waals surface area (Å²) in [6.07, 6.45) is 1.99. The number of carbonyl (C=O) groups is 1. The molecule has 25 heavy (non-hydrogen) atoms. The number of benzene rings is 1. The maximum atomic E-state index is 12.5. The van der Waals surface area contributed by atoms with Gasteiger partial charge in [0.2, 0.25) is 15.2 Å². The smallest absolute Gasteiger partial charge is 0.269 e. The summed E-state index contributed by atoms with van der Waals surface area (Å²) >= 11 is 2.66. The van der Waals surface area contributed by atoms with E-state index in [2.05, 4.69) is 15.5 Å². The first-order chi connectivity index (χ1) is 11.8. The quantitative estimate of drug-likeness (QED) is 0.616. The van der Waals surface area contributed by atoms with Gasteiger partial charge in [0.05, 0.1) is 18.5 Å². The maximum Gasteiger partial charge on any atom is 0.269 e. The van der Waals surface area contributed by atoms with Gasteiger partial charge in [0.25, 0.3) is 5.91 Å². The third kappa shape index (κ3) is 3.88. The van der Waals surface area contributed by atoms with Crippen molar-refractivity contribution >= 4 is 49.8 Å². The number of sulfonamides is 1. The number of aromatic nitrogens is 2. The molecule has 0 saturated carbocycles. The summed E-state index contributed by atoms with van der Waals surface area (Å²) in [5.41, 5.74) is 1.34. The van der Waals surface area contributed by atoms with Crippen LogP contribution in [0, 0.1) is 6.92 Å². The summed E-state index contributed by atoms with van der Waals surface area (Å²) in [5.74, 6) is -0.117. The molecule has 0 spiro atoms. The van der Waals surface area contributed by atoms with Crippen LogP contribution in [0.5, 0.6) is 5.75 Å². The summed E-state index contributed by atoms with van der Waals surface area (Å²) in [7, 11) is -3.55. The fraction of sp³-hybridized carbons (Fsp3) is 0.357. The molecule has 134 valence electrons. The number of hydrogen-bond acceptors (Lipinski definition) is 8. The van der Waals surface area contributed by atoms with E-state index >= 15 is 0 Å². The molecular formula is C14H16N4O4S3. The number of thioether (sulfide) groups is 1. The molecule has 3 rings (SSSR count). The molecule has 0 bridgehead atoms. The highest BCUT2D eigenvalue weighted by Crippen LogP contribution is 2.36. The molecule has 1 amide bonds. The average molecular weight is 401 g/mol. The van der Waals surface area contributed by atoms with Gasteiger partial charge >= 0.3 is 0 Å². The van der Waals surface area contributed by atoms with E-state index in [1.807, 2.05) is 13.2 Å². The zero-order valence-electron chi connectivity index (χ0n) is 13.7. The zero-order chi connectivity index (χ0) is 18.2. The van der Waals surface area contributed by atoms with Gasteiger partial charge in [0.1, 0.15) is 5.75 Å². The summed E-state index contributed by atoms with van der Waals surface area (Å²) < 4.78 is 31.9. The number of nitrogens with one attached hydrogen (secondary N) is 1. The second kappa shape index (κ2) is 6.81. The van der Waals surface area contributed by atoms with Crippen molar-refractivity contribution in [3.63, 3.8) is 0 Å². The van der Waals surface area contributed by atoms with E-state index in [9.17, 15) is 13.2 Å². The highest BCUT2D eigenvalue weighted by molar-refractivity contribution is 8.00. The molecule has 0 aliphatic carbocycles. The maximum absolute atomic E-state index is 12.5. The second-order valence-electron chi connectivity index (χ2n) is 5.44. The highest BCUT2D eigenvalue weighted by Gasteiger charge is 2.35. The van der Waals surface area contributed by atoms with Crippen LogP contribution in [-0.2, 0) is 14.8 Å². The van der Waals surface area contributed by atoms with Gasteiger partial charge in [-0.25, -0.2) is 8.42 Å². The molecule has 1 aromatic carbocycles. The molecule has 0 radical (unpaired) electrons. The minimum atomic E-state index is -3.55.